The Balaban J connectivity index is 2.24. The van der Waals surface area contributed by atoms with Crippen LogP contribution in [0, 0.1) is 5.92 Å². The number of anilines is 1. The summed E-state index contributed by atoms with van der Waals surface area (Å²) in [6.45, 7) is 2.13. The van der Waals surface area contributed by atoms with Crippen LogP contribution in [0.3, 0.4) is 0 Å². The number of allylic oxidation sites excluding steroid dienone is 3. The van der Waals surface area contributed by atoms with E-state index < -0.39 is 5.97 Å². The predicted molar refractivity (Wildman–Crippen MR) is 68.0 cm³/mol. The minimum atomic E-state index is -0.915. The zero-order valence-electron chi connectivity index (χ0n) is 9.68. The molecule has 1 aliphatic rings. The van der Waals surface area contributed by atoms with Crippen molar-refractivity contribution < 1.29 is 9.90 Å². The Kier molecular flexibility index (Phi) is 3.28. The lowest BCUT2D eigenvalue weighted by molar-refractivity contribution is 0.0698. The van der Waals surface area contributed by atoms with E-state index in [0.29, 0.717) is 17.2 Å². The van der Waals surface area contributed by atoms with Crippen molar-refractivity contribution in [2.45, 2.75) is 13.3 Å². The lowest BCUT2D eigenvalue weighted by Gasteiger charge is -2.15. The molecule has 0 bridgehead atoms. The van der Waals surface area contributed by atoms with Crippen molar-refractivity contribution in [3.8, 4) is 0 Å². The fourth-order valence-electron chi connectivity index (χ4n) is 1.86. The highest BCUT2D eigenvalue weighted by molar-refractivity contribution is 5.94. The van der Waals surface area contributed by atoms with Crippen molar-refractivity contribution in [2.75, 3.05) is 5.32 Å². The number of aromatic carboxylic acids is 1. The van der Waals surface area contributed by atoms with E-state index in [2.05, 4.69) is 24.4 Å². The van der Waals surface area contributed by atoms with Crippen molar-refractivity contribution in [1.82, 2.24) is 0 Å². The van der Waals surface area contributed by atoms with Gasteiger partial charge in [-0.15, -0.1) is 0 Å². The zero-order valence-corrected chi connectivity index (χ0v) is 9.68. The van der Waals surface area contributed by atoms with Gasteiger partial charge in [-0.2, -0.15) is 0 Å². The molecule has 0 radical (unpaired) electrons. The van der Waals surface area contributed by atoms with Crippen LogP contribution in [0.25, 0.3) is 0 Å². The summed E-state index contributed by atoms with van der Waals surface area (Å²) < 4.78 is 0. The van der Waals surface area contributed by atoms with Gasteiger partial charge in [-0.1, -0.05) is 31.2 Å². The molecule has 0 amide bonds. The molecule has 3 heteroatoms. The SMILES string of the molecule is CC1C=C(Nc2ccccc2C(=O)O)C=CC1. The van der Waals surface area contributed by atoms with Gasteiger partial charge in [0.1, 0.15) is 0 Å². The first-order valence-corrected chi connectivity index (χ1v) is 5.64. The highest BCUT2D eigenvalue weighted by Crippen LogP contribution is 2.21. The van der Waals surface area contributed by atoms with E-state index in [-0.39, 0.29) is 0 Å². The monoisotopic (exact) mass is 229 g/mol. The molecule has 17 heavy (non-hydrogen) atoms. The molecule has 0 aliphatic heterocycles. The normalized spacial score (nSPS) is 18.6. The molecule has 2 rings (SSSR count). The van der Waals surface area contributed by atoms with Gasteiger partial charge in [0, 0.05) is 5.70 Å². The number of para-hydroxylation sites is 1. The summed E-state index contributed by atoms with van der Waals surface area (Å²) in [4.78, 5) is 11.1. The van der Waals surface area contributed by atoms with Gasteiger partial charge in [0.15, 0.2) is 0 Å². The summed E-state index contributed by atoms with van der Waals surface area (Å²) in [6.07, 6.45) is 7.22. The van der Waals surface area contributed by atoms with Gasteiger partial charge < -0.3 is 10.4 Å². The van der Waals surface area contributed by atoms with Gasteiger partial charge in [-0.05, 0) is 30.5 Å². The molecule has 0 spiro atoms. The third-order valence-electron chi connectivity index (χ3n) is 2.71. The molecule has 1 aromatic carbocycles. The van der Waals surface area contributed by atoms with E-state index in [1.807, 2.05) is 12.1 Å². The Bertz CT molecular complexity index is 489. The molecule has 0 fully saturated rings. The first-order valence-electron chi connectivity index (χ1n) is 5.64. The number of carboxylic acid groups (broad SMARTS) is 1. The van der Waals surface area contributed by atoms with Crippen molar-refractivity contribution in [2.24, 2.45) is 5.92 Å². The number of carbonyl (C=O) groups is 1. The van der Waals surface area contributed by atoms with Crippen LogP contribution >= 0.6 is 0 Å². The van der Waals surface area contributed by atoms with Crippen LogP contribution in [0.1, 0.15) is 23.7 Å². The summed E-state index contributed by atoms with van der Waals surface area (Å²) in [7, 11) is 0. The molecule has 2 N–H and O–H groups in total. The van der Waals surface area contributed by atoms with Gasteiger partial charge in [0.2, 0.25) is 0 Å². The van der Waals surface area contributed by atoms with Crippen LogP contribution < -0.4 is 5.32 Å². The molecule has 0 aromatic heterocycles. The Hall–Kier alpha value is -2.03. The second kappa shape index (κ2) is 4.87. The minimum absolute atomic E-state index is 0.292. The van der Waals surface area contributed by atoms with Crippen LogP contribution in [0.15, 0.2) is 48.2 Å². The highest BCUT2D eigenvalue weighted by atomic mass is 16.4. The van der Waals surface area contributed by atoms with Gasteiger partial charge in [-0.25, -0.2) is 4.79 Å². The smallest absolute Gasteiger partial charge is 0.337 e. The molecule has 1 aromatic rings. The molecule has 88 valence electrons. The van der Waals surface area contributed by atoms with E-state index in [1.54, 1.807) is 18.2 Å². The topological polar surface area (TPSA) is 49.3 Å². The summed E-state index contributed by atoms with van der Waals surface area (Å²) in [5, 5.41) is 12.2. The third-order valence-corrected chi connectivity index (χ3v) is 2.71. The third kappa shape index (κ3) is 2.75. The number of benzene rings is 1. The van der Waals surface area contributed by atoms with Crippen LogP contribution in [-0.4, -0.2) is 11.1 Å². The lowest BCUT2D eigenvalue weighted by Crippen LogP contribution is -2.07. The molecule has 1 unspecified atom stereocenters. The van der Waals surface area contributed by atoms with Crippen LogP contribution in [-0.2, 0) is 0 Å². The van der Waals surface area contributed by atoms with Crippen LogP contribution in [0.5, 0.6) is 0 Å². The largest absolute Gasteiger partial charge is 0.478 e. The molecule has 0 heterocycles. The fraction of sp³-hybridized carbons (Fsp3) is 0.214. The summed E-state index contributed by atoms with van der Waals surface area (Å²) in [6, 6.07) is 6.92. The Morgan fingerprint density at radius 2 is 2.18 bits per heavy atom. The molecule has 3 nitrogen and oxygen atoms in total. The number of carboxylic acids is 1. The Labute approximate surface area is 100 Å². The standard InChI is InChI=1S/C14H15NO2/c1-10-5-4-6-11(9-10)15-13-8-3-2-7-12(13)14(16)17/h2-4,6-10,15H,5H2,1H3,(H,16,17). The number of hydrogen-bond acceptors (Lipinski definition) is 2. The average molecular weight is 229 g/mol. The van der Waals surface area contributed by atoms with Crippen LogP contribution in [0.2, 0.25) is 0 Å². The summed E-state index contributed by atoms with van der Waals surface area (Å²) in [5.74, 6) is -0.430. The van der Waals surface area contributed by atoms with Crippen molar-refractivity contribution in [1.29, 1.82) is 0 Å². The molecular weight excluding hydrogens is 214 g/mol. The van der Waals surface area contributed by atoms with Gasteiger partial charge in [-0.3, -0.25) is 0 Å². The second-order valence-corrected chi connectivity index (χ2v) is 4.21. The maximum Gasteiger partial charge on any atom is 0.337 e. The van der Waals surface area contributed by atoms with E-state index in [4.69, 9.17) is 5.11 Å². The van der Waals surface area contributed by atoms with Gasteiger partial charge in [0.25, 0.3) is 0 Å². The van der Waals surface area contributed by atoms with Crippen molar-refractivity contribution in [3.63, 3.8) is 0 Å². The van der Waals surface area contributed by atoms with Crippen molar-refractivity contribution in [3.05, 3.63) is 53.8 Å². The minimum Gasteiger partial charge on any atom is -0.478 e. The van der Waals surface area contributed by atoms with Gasteiger partial charge in [0.05, 0.1) is 11.3 Å². The average Bonchev–Trinajstić information content (AvgIpc) is 2.29. The fourth-order valence-corrected chi connectivity index (χ4v) is 1.86. The molecule has 1 aliphatic carbocycles. The predicted octanol–water partition coefficient (Wildman–Crippen LogP) is 3.28. The van der Waals surface area contributed by atoms with Crippen LogP contribution in [0.4, 0.5) is 5.69 Å². The first-order chi connectivity index (χ1) is 8.16. The summed E-state index contributed by atoms with van der Waals surface area (Å²) >= 11 is 0. The second-order valence-electron chi connectivity index (χ2n) is 4.21. The molecule has 0 saturated carbocycles. The number of nitrogens with one attached hydrogen (secondary N) is 1. The number of rotatable bonds is 3. The molecular formula is C14H15NO2. The van der Waals surface area contributed by atoms with E-state index >= 15 is 0 Å². The first kappa shape index (κ1) is 11.5. The van der Waals surface area contributed by atoms with Gasteiger partial charge >= 0.3 is 5.97 Å². The Morgan fingerprint density at radius 1 is 1.41 bits per heavy atom. The molecule has 0 saturated heterocycles. The zero-order chi connectivity index (χ0) is 12.3. The van der Waals surface area contributed by atoms with E-state index in [0.717, 1.165) is 12.1 Å². The van der Waals surface area contributed by atoms with E-state index in [9.17, 15) is 4.79 Å². The maximum absolute atomic E-state index is 11.1. The highest BCUT2D eigenvalue weighted by Gasteiger charge is 2.10. The maximum atomic E-state index is 11.1. The molecule has 1 atom stereocenters. The lowest BCUT2D eigenvalue weighted by atomic mass is 10.0. The quantitative estimate of drug-likeness (QED) is 0.836. The summed E-state index contributed by atoms with van der Waals surface area (Å²) in [5.41, 5.74) is 1.88. The van der Waals surface area contributed by atoms with E-state index in [1.165, 1.54) is 0 Å². The number of hydrogen-bond donors (Lipinski definition) is 2. The Morgan fingerprint density at radius 3 is 2.88 bits per heavy atom. The van der Waals surface area contributed by atoms with Crippen molar-refractivity contribution >= 4 is 11.7 Å².